The maximum absolute atomic E-state index is 13.4. The van der Waals surface area contributed by atoms with Crippen LogP contribution in [0.3, 0.4) is 0 Å². The van der Waals surface area contributed by atoms with Crippen molar-refractivity contribution in [2.75, 3.05) is 5.32 Å². The maximum Gasteiger partial charge on any atom is 0.271 e. The number of non-ortho nitro benzene ring substituents is 1. The lowest BCUT2D eigenvalue weighted by Gasteiger charge is -2.07. The average molecular weight is 276 g/mol. The summed E-state index contributed by atoms with van der Waals surface area (Å²) in [6, 6.07) is 8.45. The van der Waals surface area contributed by atoms with E-state index in [-0.39, 0.29) is 22.7 Å². The van der Waals surface area contributed by atoms with Crippen LogP contribution in [0.2, 0.25) is 0 Å². The predicted octanol–water partition coefficient (Wildman–Crippen LogP) is 2.69. The zero-order valence-corrected chi connectivity index (χ0v) is 10.0. The molecule has 1 amide bonds. The fourth-order valence-corrected chi connectivity index (χ4v) is 1.57. The Morgan fingerprint density at radius 3 is 2.60 bits per heavy atom. The molecule has 0 fully saturated rings. The summed E-state index contributed by atoms with van der Waals surface area (Å²) in [5.74, 6) is -1.88. The highest BCUT2D eigenvalue weighted by molar-refractivity contribution is 6.05. The van der Waals surface area contributed by atoms with Crippen LogP contribution in [0.15, 0.2) is 42.5 Å². The summed E-state index contributed by atoms with van der Waals surface area (Å²) in [6.45, 7) is 0. The van der Waals surface area contributed by atoms with Crippen molar-refractivity contribution in [3.8, 4) is 5.75 Å². The highest BCUT2D eigenvalue weighted by atomic mass is 19.1. The third-order valence-electron chi connectivity index (χ3n) is 2.56. The molecule has 0 aromatic heterocycles. The van der Waals surface area contributed by atoms with Crippen LogP contribution in [0.25, 0.3) is 0 Å². The molecule has 0 saturated carbocycles. The first-order chi connectivity index (χ1) is 9.49. The first-order valence-electron chi connectivity index (χ1n) is 5.52. The number of aromatic hydroxyl groups is 1. The van der Waals surface area contributed by atoms with E-state index in [1.165, 1.54) is 18.2 Å². The normalized spacial score (nSPS) is 10.1. The van der Waals surface area contributed by atoms with Gasteiger partial charge in [-0.25, -0.2) is 4.39 Å². The van der Waals surface area contributed by atoms with Crippen LogP contribution >= 0.6 is 0 Å². The number of phenols is 1. The SMILES string of the molecule is O=C(Nc1cc([N+](=O)[O-])ccc1O)c1ccccc1F. The number of carbonyl (C=O) groups excluding carboxylic acids is 1. The number of nitro benzene ring substituents is 1. The molecule has 2 aromatic carbocycles. The topological polar surface area (TPSA) is 92.5 Å². The second-order valence-corrected chi connectivity index (χ2v) is 3.89. The van der Waals surface area contributed by atoms with E-state index in [2.05, 4.69) is 5.32 Å². The molecule has 0 unspecified atom stereocenters. The van der Waals surface area contributed by atoms with Crippen LogP contribution in [0.5, 0.6) is 5.75 Å². The summed E-state index contributed by atoms with van der Waals surface area (Å²) in [7, 11) is 0. The van der Waals surface area contributed by atoms with Gasteiger partial charge in [0.1, 0.15) is 11.6 Å². The molecule has 0 spiro atoms. The molecule has 0 bridgehead atoms. The highest BCUT2D eigenvalue weighted by Crippen LogP contribution is 2.28. The quantitative estimate of drug-likeness (QED) is 0.512. The number of halogens is 1. The number of hydrogen-bond donors (Lipinski definition) is 2. The summed E-state index contributed by atoms with van der Waals surface area (Å²) in [6.07, 6.45) is 0. The maximum atomic E-state index is 13.4. The van der Waals surface area contributed by atoms with E-state index in [4.69, 9.17) is 0 Å². The number of phenolic OH excluding ortho intramolecular Hbond substituents is 1. The molecule has 2 aromatic rings. The highest BCUT2D eigenvalue weighted by Gasteiger charge is 2.15. The molecule has 7 heteroatoms. The molecule has 0 saturated heterocycles. The van der Waals surface area contributed by atoms with Gasteiger partial charge in [-0.15, -0.1) is 0 Å². The summed E-state index contributed by atoms with van der Waals surface area (Å²) < 4.78 is 13.4. The van der Waals surface area contributed by atoms with Gasteiger partial charge in [0.05, 0.1) is 16.2 Å². The minimum Gasteiger partial charge on any atom is -0.506 e. The van der Waals surface area contributed by atoms with Crippen molar-refractivity contribution in [1.29, 1.82) is 0 Å². The van der Waals surface area contributed by atoms with E-state index in [0.717, 1.165) is 24.3 Å². The van der Waals surface area contributed by atoms with Crippen LogP contribution in [0.4, 0.5) is 15.8 Å². The van der Waals surface area contributed by atoms with Crippen molar-refractivity contribution in [2.24, 2.45) is 0 Å². The van der Waals surface area contributed by atoms with E-state index >= 15 is 0 Å². The molecule has 0 aliphatic rings. The minimum absolute atomic E-state index is 0.160. The number of benzene rings is 2. The number of nitrogens with zero attached hydrogens (tertiary/aromatic N) is 1. The van der Waals surface area contributed by atoms with Crippen LogP contribution < -0.4 is 5.32 Å². The summed E-state index contributed by atoms with van der Waals surface area (Å²) in [5.41, 5.74) is -0.683. The van der Waals surface area contributed by atoms with Gasteiger partial charge in [-0.2, -0.15) is 0 Å². The number of nitro groups is 1. The van der Waals surface area contributed by atoms with E-state index in [1.807, 2.05) is 0 Å². The number of amides is 1. The first kappa shape index (κ1) is 13.5. The fraction of sp³-hybridized carbons (Fsp3) is 0. The van der Waals surface area contributed by atoms with Crippen LogP contribution in [0, 0.1) is 15.9 Å². The number of hydrogen-bond acceptors (Lipinski definition) is 4. The molecule has 0 atom stereocenters. The van der Waals surface area contributed by atoms with Crippen molar-refractivity contribution < 1.29 is 19.2 Å². The van der Waals surface area contributed by atoms with Crippen molar-refractivity contribution in [1.82, 2.24) is 0 Å². The molecule has 0 aliphatic heterocycles. The molecule has 2 N–H and O–H groups in total. The molecular weight excluding hydrogens is 267 g/mol. The molecule has 0 heterocycles. The third kappa shape index (κ3) is 2.72. The Morgan fingerprint density at radius 2 is 1.95 bits per heavy atom. The lowest BCUT2D eigenvalue weighted by molar-refractivity contribution is -0.384. The average Bonchev–Trinajstić information content (AvgIpc) is 2.41. The van der Waals surface area contributed by atoms with Crippen molar-refractivity contribution >= 4 is 17.3 Å². The monoisotopic (exact) mass is 276 g/mol. The lowest BCUT2D eigenvalue weighted by Crippen LogP contribution is -2.13. The van der Waals surface area contributed by atoms with E-state index in [0.29, 0.717) is 0 Å². The van der Waals surface area contributed by atoms with Gasteiger partial charge in [0, 0.05) is 12.1 Å². The smallest absolute Gasteiger partial charge is 0.271 e. The zero-order chi connectivity index (χ0) is 14.7. The molecule has 0 radical (unpaired) electrons. The second-order valence-electron chi connectivity index (χ2n) is 3.89. The Morgan fingerprint density at radius 1 is 1.25 bits per heavy atom. The molecular formula is C13H9FN2O4. The zero-order valence-electron chi connectivity index (χ0n) is 10.0. The van der Waals surface area contributed by atoms with Crippen molar-refractivity contribution in [2.45, 2.75) is 0 Å². The van der Waals surface area contributed by atoms with Crippen LogP contribution in [-0.4, -0.2) is 15.9 Å². The van der Waals surface area contributed by atoms with E-state index < -0.39 is 16.6 Å². The molecule has 2 rings (SSSR count). The van der Waals surface area contributed by atoms with Gasteiger partial charge in [-0.05, 0) is 18.2 Å². The Bertz CT molecular complexity index is 688. The fourth-order valence-electron chi connectivity index (χ4n) is 1.57. The van der Waals surface area contributed by atoms with Gasteiger partial charge in [0.15, 0.2) is 0 Å². The lowest BCUT2D eigenvalue weighted by atomic mass is 10.2. The molecule has 0 aliphatic carbocycles. The van der Waals surface area contributed by atoms with E-state index in [1.54, 1.807) is 0 Å². The van der Waals surface area contributed by atoms with Crippen LogP contribution in [-0.2, 0) is 0 Å². The Balaban J connectivity index is 2.30. The first-order valence-corrected chi connectivity index (χ1v) is 5.52. The Hall–Kier alpha value is -2.96. The summed E-state index contributed by atoms with van der Waals surface area (Å²) >= 11 is 0. The molecule has 102 valence electrons. The largest absolute Gasteiger partial charge is 0.506 e. The third-order valence-corrected chi connectivity index (χ3v) is 2.56. The Kier molecular flexibility index (Phi) is 3.60. The standard InChI is InChI=1S/C13H9FN2O4/c14-10-4-2-1-3-9(10)13(18)15-11-7-8(16(19)20)5-6-12(11)17/h1-7,17H,(H,15,18). The van der Waals surface area contributed by atoms with E-state index in [9.17, 15) is 24.4 Å². The molecule has 20 heavy (non-hydrogen) atoms. The van der Waals surface area contributed by atoms with Gasteiger partial charge >= 0.3 is 0 Å². The van der Waals surface area contributed by atoms with Crippen molar-refractivity contribution in [3.05, 3.63) is 64.0 Å². The second kappa shape index (κ2) is 5.35. The van der Waals surface area contributed by atoms with Gasteiger partial charge in [-0.1, -0.05) is 12.1 Å². The van der Waals surface area contributed by atoms with Crippen LogP contribution in [0.1, 0.15) is 10.4 Å². The predicted molar refractivity (Wildman–Crippen MR) is 69.1 cm³/mol. The van der Waals surface area contributed by atoms with Crippen molar-refractivity contribution in [3.63, 3.8) is 0 Å². The number of nitrogens with one attached hydrogen (secondary N) is 1. The van der Waals surface area contributed by atoms with Gasteiger partial charge in [-0.3, -0.25) is 14.9 Å². The minimum atomic E-state index is -0.807. The summed E-state index contributed by atoms with van der Waals surface area (Å²) in [4.78, 5) is 21.8. The van der Waals surface area contributed by atoms with Gasteiger partial charge in [0.25, 0.3) is 11.6 Å². The van der Waals surface area contributed by atoms with Gasteiger partial charge < -0.3 is 10.4 Å². The molecule has 6 nitrogen and oxygen atoms in total. The number of anilines is 1. The van der Waals surface area contributed by atoms with Gasteiger partial charge in [0.2, 0.25) is 0 Å². The number of carbonyl (C=O) groups is 1. The Labute approximate surface area is 112 Å². The number of rotatable bonds is 3. The summed E-state index contributed by atoms with van der Waals surface area (Å²) in [5, 5.41) is 22.4.